The van der Waals surface area contributed by atoms with Crippen molar-refractivity contribution in [1.82, 2.24) is 0 Å². The van der Waals surface area contributed by atoms with E-state index >= 15 is 0 Å². The van der Waals surface area contributed by atoms with E-state index < -0.39 is 18.5 Å². The summed E-state index contributed by atoms with van der Waals surface area (Å²) in [6, 6.07) is 10.3. The van der Waals surface area contributed by atoms with Gasteiger partial charge in [-0.25, -0.2) is 4.79 Å². The summed E-state index contributed by atoms with van der Waals surface area (Å²) in [4.78, 5) is 23.9. The minimum atomic E-state index is -0.640. The Morgan fingerprint density at radius 3 is 2.38 bits per heavy atom. The molecule has 0 aliphatic carbocycles. The number of nitrogens with one attached hydrogen (secondary N) is 1. The van der Waals surface area contributed by atoms with Crippen molar-refractivity contribution < 1.29 is 33.3 Å². The highest BCUT2D eigenvalue weighted by Crippen LogP contribution is 2.31. The van der Waals surface area contributed by atoms with Gasteiger partial charge in [-0.05, 0) is 23.8 Å². The first-order valence-electron chi connectivity index (χ1n) is 8.85. The topological polar surface area (TPSA) is 92.3 Å². The van der Waals surface area contributed by atoms with Crippen LogP contribution in [-0.4, -0.2) is 45.9 Å². The fourth-order valence-electron chi connectivity index (χ4n) is 2.59. The van der Waals surface area contributed by atoms with E-state index in [9.17, 15) is 9.59 Å². The van der Waals surface area contributed by atoms with Crippen LogP contribution in [0.1, 0.15) is 5.56 Å². The highest BCUT2D eigenvalue weighted by molar-refractivity contribution is 5.95. The van der Waals surface area contributed by atoms with Gasteiger partial charge >= 0.3 is 5.97 Å². The summed E-state index contributed by atoms with van der Waals surface area (Å²) in [7, 11) is 3.02. The summed E-state index contributed by atoms with van der Waals surface area (Å²) < 4.78 is 26.2. The molecule has 29 heavy (non-hydrogen) atoms. The van der Waals surface area contributed by atoms with Crippen LogP contribution in [0.3, 0.4) is 0 Å². The monoisotopic (exact) mass is 399 g/mol. The van der Waals surface area contributed by atoms with Crippen LogP contribution in [0, 0.1) is 0 Å². The van der Waals surface area contributed by atoms with E-state index in [1.807, 2.05) is 0 Å². The molecule has 0 saturated carbocycles. The molecular formula is C21H21NO7. The van der Waals surface area contributed by atoms with Crippen molar-refractivity contribution in [3.05, 3.63) is 48.0 Å². The average molecular weight is 399 g/mol. The molecule has 0 fully saturated rings. The summed E-state index contributed by atoms with van der Waals surface area (Å²) in [6.07, 6.45) is 2.82. The van der Waals surface area contributed by atoms with E-state index in [2.05, 4.69) is 5.32 Å². The number of anilines is 1. The number of amides is 1. The van der Waals surface area contributed by atoms with Gasteiger partial charge < -0.3 is 29.0 Å². The molecule has 3 rings (SSSR count). The van der Waals surface area contributed by atoms with Gasteiger partial charge in [0.25, 0.3) is 5.91 Å². The van der Waals surface area contributed by atoms with Crippen molar-refractivity contribution in [2.24, 2.45) is 0 Å². The zero-order valence-corrected chi connectivity index (χ0v) is 16.1. The standard InChI is InChI=1S/C21H21NO7/c1-25-16-10-15(11-17(12-16)26-2)22-20(23)13-29-21(24)6-4-14-3-5-18-19(9-14)28-8-7-27-18/h3-6,9-12H,7-8,13H2,1-2H3,(H,22,23)/b6-4+. The minimum absolute atomic E-state index is 0.427. The van der Waals surface area contributed by atoms with Crippen molar-refractivity contribution in [3.8, 4) is 23.0 Å². The van der Waals surface area contributed by atoms with Crippen LogP contribution < -0.4 is 24.3 Å². The fourth-order valence-corrected chi connectivity index (χ4v) is 2.59. The summed E-state index contributed by atoms with van der Waals surface area (Å²) in [5.74, 6) is 1.22. The maximum absolute atomic E-state index is 12.0. The van der Waals surface area contributed by atoms with Gasteiger partial charge in [0.1, 0.15) is 24.7 Å². The first-order valence-corrected chi connectivity index (χ1v) is 8.85. The quantitative estimate of drug-likeness (QED) is 0.565. The van der Waals surface area contributed by atoms with Gasteiger partial charge in [-0.3, -0.25) is 4.79 Å². The van der Waals surface area contributed by atoms with E-state index in [1.165, 1.54) is 20.3 Å². The Balaban J connectivity index is 1.51. The van der Waals surface area contributed by atoms with E-state index in [1.54, 1.807) is 42.5 Å². The van der Waals surface area contributed by atoms with Crippen molar-refractivity contribution in [2.75, 3.05) is 39.4 Å². The Hall–Kier alpha value is -3.68. The second-order valence-electron chi connectivity index (χ2n) is 5.99. The second-order valence-corrected chi connectivity index (χ2v) is 5.99. The molecule has 0 spiro atoms. The Morgan fingerprint density at radius 2 is 1.69 bits per heavy atom. The van der Waals surface area contributed by atoms with E-state index in [0.717, 1.165) is 5.56 Å². The molecule has 0 atom stereocenters. The summed E-state index contributed by atoms with van der Waals surface area (Å²) in [6.45, 7) is 0.569. The number of methoxy groups -OCH3 is 2. The molecule has 0 aromatic heterocycles. The molecule has 2 aromatic carbocycles. The number of benzene rings is 2. The average Bonchev–Trinajstić information content (AvgIpc) is 2.75. The first-order chi connectivity index (χ1) is 14.1. The van der Waals surface area contributed by atoms with Crippen molar-refractivity contribution >= 4 is 23.6 Å². The molecule has 1 aliphatic heterocycles. The number of hydrogen-bond donors (Lipinski definition) is 1. The molecule has 0 radical (unpaired) electrons. The molecule has 1 aliphatic rings. The van der Waals surface area contributed by atoms with Crippen molar-refractivity contribution in [1.29, 1.82) is 0 Å². The number of esters is 1. The lowest BCUT2D eigenvalue weighted by Gasteiger charge is -2.18. The third-order valence-corrected chi connectivity index (χ3v) is 3.96. The summed E-state index contributed by atoms with van der Waals surface area (Å²) >= 11 is 0. The Morgan fingerprint density at radius 1 is 1.00 bits per heavy atom. The van der Waals surface area contributed by atoms with Gasteiger partial charge in [0.05, 0.1) is 14.2 Å². The lowest BCUT2D eigenvalue weighted by atomic mass is 10.2. The van der Waals surface area contributed by atoms with Gasteiger partial charge in [-0.2, -0.15) is 0 Å². The van der Waals surface area contributed by atoms with Crippen LogP contribution in [0.25, 0.3) is 6.08 Å². The van der Waals surface area contributed by atoms with Crippen LogP contribution in [-0.2, 0) is 14.3 Å². The van der Waals surface area contributed by atoms with Crippen LogP contribution in [0.2, 0.25) is 0 Å². The maximum atomic E-state index is 12.0. The number of carbonyl (C=O) groups excluding carboxylic acids is 2. The lowest BCUT2D eigenvalue weighted by Crippen LogP contribution is -2.20. The zero-order chi connectivity index (χ0) is 20.6. The number of ether oxygens (including phenoxy) is 5. The normalized spacial score (nSPS) is 12.3. The summed E-state index contributed by atoms with van der Waals surface area (Å²) in [5.41, 5.74) is 1.22. The number of fused-ring (bicyclic) bond motifs is 1. The highest BCUT2D eigenvalue weighted by atomic mass is 16.6. The Kier molecular flexibility index (Phi) is 6.57. The molecule has 152 valence electrons. The molecule has 8 nitrogen and oxygen atoms in total. The number of rotatable bonds is 7. The van der Waals surface area contributed by atoms with Crippen LogP contribution in [0.4, 0.5) is 5.69 Å². The van der Waals surface area contributed by atoms with Crippen LogP contribution in [0.5, 0.6) is 23.0 Å². The van der Waals surface area contributed by atoms with Gasteiger partial charge in [-0.15, -0.1) is 0 Å². The lowest BCUT2D eigenvalue weighted by molar-refractivity contribution is -0.142. The maximum Gasteiger partial charge on any atom is 0.331 e. The largest absolute Gasteiger partial charge is 0.497 e. The molecule has 2 aromatic rings. The van der Waals surface area contributed by atoms with E-state index in [4.69, 9.17) is 23.7 Å². The molecule has 0 bridgehead atoms. The molecule has 0 unspecified atom stereocenters. The second kappa shape index (κ2) is 9.50. The first kappa shape index (κ1) is 20.1. The summed E-state index contributed by atoms with van der Waals surface area (Å²) in [5, 5.41) is 2.62. The molecule has 0 saturated heterocycles. The number of hydrogen-bond acceptors (Lipinski definition) is 7. The third-order valence-electron chi connectivity index (χ3n) is 3.96. The Bertz CT molecular complexity index is 901. The van der Waals surface area contributed by atoms with Gasteiger partial charge in [-0.1, -0.05) is 6.07 Å². The van der Waals surface area contributed by atoms with E-state index in [0.29, 0.717) is 41.9 Å². The molecular weight excluding hydrogens is 378 g/mol. The van der Waals surface area contributed by atoms with Gasteiger partial charge in [0, 0.05) is 30.0 Å². The van der Waals surface area contributed by atoms with Gasteiger partial charge in [0.2, 0.25) is 0 Å². The van der Waals surface area contributed by atoms with Crippen LogP contribution in [0.15, 0.2) is 42.5 Å². The predicted octanol–water partition coefficient (Wildman–Crippen LogP) is 2.67. The third kappa shape index (κ3) is 5.65. The molecule has 1 N–H and O–H groups in total. The molecule has 1 heterocycles. The highest BCUT2D eigenvalue weighted by Gasteiger charge is 2.11. The minimum Gasteiger partial charge on any atom is -0.497 e. The SMILES string of the molecule is COc1cc(NC(=O)COC(=O)/C=C/c2ccc3c(c2)OCCO3)cc(OC)c1. The fraction of sp³-hybridized carbons (Fsp3) is 0.238. The van der Waals surface area contributed by atoms with Crippen molar-refractivity contribution in [2.45, 2.75) is 0 Å². The molecule has 1 amide bonds. The zero-order valence-electron chi connectivity index (χ0n) is 16.1. The van der Waals surface area contributed by atoms with Crippen LogP contribution >= 0.6 is 0 Å². The smallest absolute Gasteiger partial charge is 0.331 e. The van der Waals surface area contributed by atoms with Crippen molar-refractivity contribution in [3.63, 3.8) is 0 Å². The van der Waals surface area contributed by atoms with E-state index in [-0.39, 0.29) is 0 Å². The Labute approximate surface area is 168 Å². The molecule has 8 heteroatoms. The number of carbonyl (C=O) groups is 2. The predicted molar refractivity (Wildman–Crippen MR) is 106 cm³/mol. The van der Waals surface area contributed by atoms with Gasteiger partial charge in [0.15, 0.2) is 18.1 Å².